The maximum atomic E-state index is 11.4. The van der Waals surface area contributed by atoms with Crippen molar-refractivity contribution >= 4 is 5.91 Å². The van der Waals surface area contributed by atoms with Crippen LogP contribution in [0.2, 0.25) is 0 Å². The van der Waals surface area contributed by atoms with Gasteiger partial charge >= 0.3 is 0 Å². The van der Waals surface area contributed by atoms with Gasteiger partial charge in [0.25, 0.3) is 0 Å². The predicted molar refractivity (Wildman–Crippen MR) is 67.7 cm³/mol. The summed E-state index contributed by atoms with van der Waals surface area (Å²) in [5.74, 6) is 0.0107. The van der Waals surface area contributed by atoms with Crippen molar-refractivity contribution in [1.82, 2.24) is 10.2 Å². The van der Waals surface area contributed by atoms with E-state index in [1.165, 1.54) is 4.90 Å². The third-order valence-corrected chi connectivity index (χ3v) is 2.59. The quantitative estimate of drug-likeness (QED) is 0.745. The van der Waals surface area contributed by atoms with Crippen LogP contribution < -0.4 is 5.32 Å². The zero-order chi connectivity index (χ0) is 12.7. The number of carbonyl (C=O) groups is 1. The van der Waals surface area contributed by atoms with E-state index in [4.69, 9.17) is 0 Å². The van der Waals surface area contributed by atoms with Gasteiger partial charge in [0.1, 0.15) is 0 Å². The summed E-state index contributed by atoms with van der Waals surface area (Å²) in [6.45, 7) is 0.278. The molecule has 0 saturated carbocycles. The van der Waals surface area contributed by atoms with Crippen molar-refractivity contribution in [3.05, 3.63) is 35.9 Å². The molecule has 17 heavy (non-hydrogen) atoms. The highest BCUT2D eigenvalue weighted by Crippen LogP contribution is 2.02. The first kappa shape index (κ1) is 13.7. The van der Waals surface area contributed by atoms with E-state index in [2.05, 4.69) is 5.32 Å². The molecular formula is C13H20N2O2. The van der Waals surface area contributed by atoms with Crippen LogP contribution in [-0.4, -0.2) is 49.2 Å². The van der Waals surface area contributed by atoms with Gasteiger partial charge in [0, 0.05) is 20.1 Å². The molecule has 4 nitrogen and oxygen atoms in total. The molecular weight excluding hydrogens is 216 g/mol. The lowest BCUT2D eigenvalue weighted by Crippen LogP contribution is -2.41. The summed E-state index contributed by atoms with van der Waals surface area (Å²) in [6.07, 6.45) is 0.720. The minimum absolute atomic E-state index is 0.0107. The van der Waals surface area contributed by atoms with Crippen molar-refractivity contribution in [2.24, 2.45) is 0 Å². The molecule has 94 valence electrons. The van der Waals surface area contributed by atoms with Gasteiger partial charge in [0.15, 0.2) is 0 Å². The summed E-state index contributed by atoms with van der Waals surface area (Å²) in [6, 6.07) is 9.83. The Morgan fingerprint density at radius 1 is 1.35 bits per heavy atom. The van der Waals surface area contributed by atoms with E-state index < -0.39 is 0 Å². The second-order valence-electron chi connectivity index (χ2n) is 4.24. The Hall–Kier alpha value is -1.39. The molecule has 4 heteroatoms. The smallest absolute Gasteiger partial charge is 0.236 e. The largest absolute Gasteiger partial charge is 0.395 e. The number of hydrogen-bond acceptors (Lipinski definition) is 3. The molecule has 0 fully saturated rings. The molecule has 1 aromatic rings. The zero-order valence-electron chi connectivity index (χ0n) is 10.4. The summed E-state index contributed by atoms with van der Waals surface area (Å²) in [7, 11) is 3.43. The number of rotatable bonds is 6. The molecule has 1 atom stereocenters. The number of likely N-dealkylation sites (N-methyl/N-ethyl adjacent to an activating group) is 1. The molecule has 0 aliphatic heterocycles. The van der Waals surface area contributed by atoms with Crippen molar-refractivity contribution < 1.29 is 9.90 Å². The topological polar surface area (TPSA) is 52.6 Å². The third-order valence-electron chi connectivity index (χ3n) is 2.59. The number of nitrogens with one attached hydrogen (secondary N) is 1. The lowest BCUT2D eigenvalue weighted by Gasteiger charge is -2.17. The highest BCUT2D eigenvalue weighted by atomic mass is 16.3. The third kappa shape index (κ3) is 4.97. The molecule has 2 N–H and O–H groups in total. The Morgan fingerprint density at radius 3 is 2.53 bits per heavy atom. The van der Waals surface area contributed by atoms with Gasteiger partial charge in [-0.15, -0.1) is 0 Å². The summed E-state index contributed by atoms with van der Waals surface area (Å²) >= 11 is 0. The zero-order valence-corrected chi connectivity index (χ0v) is 10.4. The van der Waals surface area contributed by atoms with Crippen LogP contribution in [0.15, 0.2) is 30.3 Å². The molecule has 1 unspecified atom stereocenters. The number of nitrogens with zero attached hydrogens (tertiary/aromatic N) is 1. The van der Waals surface area contributed by atoms with Crippen LogP contribution in [0.1, 0.15) is 5.56 Å². The fourth-order valence-corrected chi connectivity index (χ4v) is 1.49. The van der Waals surface area contributed by atoms with Crippen LogP contribution in [0.3, 0.4) is 0 Å². The average molecular weight is 236 g/mol. The lowest BCUT2D eigenvalue weighted by molar-refractivity contribution is -0.127. The van der Waals surface area contributed by atoms with E-state index in [0.29, 0.717) is 0 Å². The van der Waals surface area contributed by atoms with E-state index >= 15 is 0 Å². The minimum Gasteiger partial charge on any atom is -0.395 e. The number of amides is 1. The standard InChI is InChI=1S/C13H20N2O2/c1-15(2)13(17)9-14-12(10-16)8-11-6-4-3-5-7-11/h3-7,12,14,16H,8-10H2,1-2H3. The van der Waals surface area contributed by atoms with E-state index in [-0.39, 0.29) is 25.1 Å². The number of hydrogen-bond donors (Lipinski definition) is 2. The Kier molecular flexibility index (Phi) is 5.66. The molecule has 1 aromatic carbocycles. The monoisotopic (exact) mass is 236 g/mol. The number of benzene rings is 1. The van der Waals surface area contributed by atoms with Gasteiger partial charge in [-0.05, 0) is 12.0 Å². The first-order valence-electron chi connectivity index (χ1n) is 5.71. The Morgan fingerprint density at radius 2 is 2.00 bits per heavy atom. The molecule has 0 heterocycles. The van der Waals surface area contributed by atoms with Gasteiger partial charge in [-0.25, -0.2) is 0 Å². The molecule has 1 amide bonds. The van der Waals surface area contributed by atoms with Gasteiger partial charge in [-0.3, -0.25) is 4.79 Å². The van der Waals surface area contributed by atoms with Gasteiger partial charge in [-0.2, -0.15) is 0 Å². The first-order chi connectivity index (χ1) is 8.13. The maximum Gasteiger partial charge on any atom is 0.236 e. The number of aliphatic hydroxyl groups excluding tert-OH is 1. The molecule has 0 aromatic heterocycles. The fourth-order valence-electron chi connectivity index (χ4n) is 1.49. The van der Waals surface area contributed by atoms with Gasteiger partial charge < -0.3 is 15.3 Å². The van der Waals surface area contributed by atoms with Crippen LogP contribution in [0, 0.1) is 0 Å². The Balaban J connectivity index is 2.42. The van der Waals surface area contributed by atoms with E-state index in [0.717, 1.165) is 12.0 Å². The van der Waals surface area contributed by atoms with Crippen molar-refractivity contribution in [1.29, 1.82) is 0 Å². The van der Waals surface area contributed by atoms with Crippen molar-refractivity contribution in [2.45, 2.75) is 12.5 Å². The molecule has 0 radical (unpaired) electrons. The van der Waals surface area contributed by atoms with E-state index in [9.17, 15) is 9.90 Å². The molecule has 0 saturated heterocycles. The van der Waals surface area contributed by atoms with Crippen LogP contribution in [0.25, 0.3) is 0 Å². The SMILES string of the molecule is CN(C)C(=O)CNC(CO)Cc1ccccc1. The lowest BCUT2D eigenvalue weighted by atomic mass is 10.1. The molecule has 0 aliphatic carbocycles. The van der Waals surface area contributed by atoms with E-state index in [1.54, 1.807) is 14.1 Å². The summed E-state index contributed by atoms with van der Waals surface area (Å²) in [5, 5.41) is 12.3. The highest BCUT2D eigenvalue weighted by Gasteiger charge is 2.10. The van der Waals surface area contributed by atoms with Crippen molar-refractivity contribution in [3.8, 4) is 0 Å². The molecule has 1 rings (SSSR count). The number of carbonyl (C=O) groups excluding carboxylic acids is 1. The maximum absolute atomic E-state index is 11.4. The molecule has 0 spiro atoms. The predicted octanol–water partition coefficient (Wildman–Crippen LogP) is 0.268. The Bertz CT molecular complexity index is 339. The first-order valence-corrected chi connectivity index (χ1v) is 5.71. The van der Waals surface area contributed by atoms with Crippen molar-refractivity contribution in [2.75, 3.05) is 27.2 Å². The Labute approximate surface area is 102 Å². The average Bonchev–Trinajstić information content (AvgIpc) is 2.35. The van der Waals surface area contributed by atoms with Crippen LogP contribution >= 0.6 is 0 Å². The summed E-state index contributed by atoms with van der Waals surface area (Å²) in [4.78, 5) is 12.9. The van der Waals surface area contributed by atoms with Gasteiger partial charge in [0.05, 0.1) is 13.2 Å². The highest BCUT2D eigenvalue weighted by molar-refractivity contribution is 5.77. The minimum atomic E-state index is -0.0821. The summed E-state index contributed by atoms with van der Waals surface area (Å²) in [5.41, 5.74) is 1.15. The number of aliphatic hydroxyl groups is 1. The second kappa shape index (κ2) is 7.04. The van der Waals surface area contributed by atoms with Gasteiger partial charge in [0.2, 0.25) is 5.91 Å². The van der Waals surface area contributed by atoms with Crippen LogP contribution in [-0.2, 0) is 11.2 Å². The molecule has 0 bridgehead atoms. The van der Waals surface area contributed by atoms with Crippen molar-refractivity contribution in [3.63, 3.8) is 0 Å². The van der Waals surface area contributed by atoms with Crippen LogP contribution in [0.4, 0.5) is 0 Å². The molecule has 0 aliphatic rings. The van der Waals surface area contributed by atoms with Crippen LogP contribution in [0.5, 0.6) is 0 Å². The fraction of sp³-hybridized carbons (Fsp3) is 0.462. The van der Waals surface area contributed by atoms with Gasteiger partial charge in [-0.1, -0.05) is 30.3 Å². The van der Waals surface area contributed by atoms with E-state index in [1.807, 2.05) is 30.3 Å². The summed E-state index contributed by atoms with van der Waals surface area (Å²) < 4.78 is 0. The second-order valence-corrected chi connectivity index (χ2v) is 4.24. The normalized spacial score (nSPS) is 12.2.